The maximum atomic E-state index is 13.3. The van der Waals surface area contributed by atoms with Gasteiger partial charge in [-0.1, -0.05) is 41.4 Å². The molecule has 1 aliphatic carbocycles. The number of benzene rings is 1. The van der Waals surface area contributed by atoms with E-state index >= 15 is 0 Å². The molecule has 1 aromatic carbocycles. The molecule has 5 heterocycles. The zero-order valence-electron chi connectivity index (χ0n) is 33.5. The van der Waals surface area contributed by atoms with Gasteiger partial charge in [-0.25, -0.2) is 19.3 Å². The molecule has 2 aliphatic rings. The normalized spacial score (nSPS) is 15.8. The second-order valence-corrected chi connectivity index (χ2v) is 16.6. The van der Waals surface area contributed by atoms with Crippen LogP contribution in [-0.4, -0.2) is 91.5 Å². The maximum absolute atomic E-state index is 13.3. The number of rotatable bonds is 15. The smallest absolute Gasteiger partial charge is 0.410 e. The highest BCUT2D eigenvalue weighted by Gasteiger charge is 2.49. The largest absolute Gasteiger partial charge is 0.493 e. The molecule has 2 amide bonds. The number of amides is 2. The fourth-order valence-corrected chi connectivity index (χ4v) is 7.78. The van der Waals surface area contributed by atoms with E-state index in [1.54, 1.807) is 61.8 Å². The van der Waals surface area contributed by atoms with E-state index in [0.29, 0.717) is 118 Å². The highest BCUT2D eigenvalue weighted by molar-refractivity contribution is 6.39. The van der Waals surface area contributed by atoms with Crippen LogP contribution < -0.4 is 20.1 Å². The van der Waals surface area contributed by atoms with Crippen molar-refractivity contribution in [3.05, 3.63) is 76.3 Å². The van der Waals surface area contributed by atoms with E-state index in [1.807, 2.05) is 30.3 Å². The quantitative estimate of drug-likeness (QED) is 0.0903. The second-order valence-electron chi connectivity index (χ2n) is 15.8. The minimum absolute atomic E-state index is 0.0439. The molecule has 0 bridgehead atoms. The highest BCUT2D eigenvalue weighted by Crippen LogP contribution is 2.48. The minimum atomic E-state index is -0.743. The molecule has 310 valence electrons. The number of pyridine rings is 3. The SMILES string of the molecule is COc1nc(-c2cccc(-c3ccnc(-c4cc(OC)c5nc(CNCCC6(C(=O)O)CC6)nn5c4)c3Cl)c2Cl)ccc1CN(C[C@@H]1CCC(=O)N1)C(=O)OC(C)(C)C. The van der Waals surface area contributed by atoms with Crippen LogP contribution in [0.2, 0.25) is 10.0 Å². The first-order chi connectivity index (χ1) is 28.2. The number of hydrogen-bond acceptors (Lipinski definition) is 11. The molecule has 59 heavy (non-hydrogen) atoms. The molecule has 0 spiro atoms. The van der Waals surface area contributed by atoms with E-state index < -0.39 is 23.1 Å². The fourth-order valence-electron chi connectivity index (χ4n) is 7.13. The third-order valence-electron chi connectivity index (χ3n) is 10.4. The molecule has 1 saturated heterocycles. The summed E-state index contributed by atoms with van der Waals surface area (Å²) in [6.07, 6.45) is 5.91. The monoisotopic (exact) mass is 844 g/mol. The number of fused-ring (bicyclic) bond motifs is 1. The molecule has 17 heteroatoms. The van der Waals surface area contributed by atoms with Crippen molar-refractivity contribution in [3.63, 3.8) is 0 Å². The van der Waals surface area contributed by atoms with Gasteiger partial charge in [0.15, 0.2) is 17.2 Å². The first-order valence-electron chi connectivity index (χ1n) is 19.3. The number of aromatic nitrogens is 5. The van der Waals surface area contributed by atoms with E-state index in [-0.39, 0.29) is 25.0 Å². The number of aliphatic carboxylic acids is 1. The van der Waals surface area contributed by atoms with Crippen molar-refractivity contribution in [2.45, 2.75) is 77.6 Å². The Morgan fingerprint density at radius 3 is 2.49 bits per heavy atom. The van der Waals surface area contributed by atoms with Gasteiger partial charge in [0, 0.05) is 59.2 Å². The Bertz CT molecular complexity index is 2410. The Hall–Kier alpha value is -5.51. The van der Waals surface area contributed by atoms with Gasteiger partial charge in [0.05, 0.1) is 54.2 Å². The summed E-state index contributed by atoms with van der Waals surface area (Å²) >= 11 is 14.3. The summed E-state index contributed by atoms with van der Waals surface area (Å²) in [6.45, 7) is 6.71. The van der Waals surface area contributed by atoms with Crippen molar-refractivity contribution >= 4 is 46.8 Å². The molecular formula is C42H46Cl2N8O7. The lowest BCUT2D eigenvalue weighted by atomic mass is 10.00. The summed E-state index contributed by atoms with van der Waals surface area (Å²) < 4.78 is 18.8. The number of carboxylic acid groups (broad SMARTS) is 1. The van der Waals surface area contributed by atoms with E-state index in [0.717, 1.165) is 0 Å². The second kappa shape index (κ2) is 17.0. The molecular weight excluding hydrogens is 799 g/mol. The summed E-state index contributed by atoms with van der Waals surface area (Å²) in [7, 11) is 3.06. The molecule has 5 aromatic rings. The average Bonchev–Trinajstić information content (AvgIpc) is 3.71. The number of hydrogen-bond donors (Lipinski definition) is 3. The molecule has 2 fully saturated rings. The molecule has 1 saturated carbocycles. The van der Waals surface area contributed by atoms with Crippen LogP contribution in [-0.2, 0) is 27.4 Å². The molecule has 3 N–H and O–H groups in total. The Morgan fingerprint density at radius 2 is 1.81 bits per heavy atom. The van der Waals surface area contributed by atoms with Gasteiger partial charge >= 0.3 is 12.1 Å². The van der Waals surface area contributed by atoms with Crippen molar-refractivity contribution < 1.29 is 33.7 Å². The Morgan fingerprint density at radius 1 is 1.05 bits per heavy atom. The number of nitrogens with one attached hydrogen (secondary N) is 2. The molecule has 4 aromatic heterocycles. The van der Waals surface area contributed by atoms with Gasteiger partial charge in [-0.05, 0) is 77.3 Å². The summed E-state index contributed by atoms with van der Waals surface area (Å²) in [4.78, 5) is 52.4. The first-order valence-corrected chi connectivity index (χ1v) is 20.1. The molecule has 0 unspecified atom stereocenters. The van der Waals surface area contributed by atoms with E-state index in [4.69, 9.17) is 42.4 Å². The number of halogens is 2. The average molecular weight is 846 g/mol. The molecule has 7 rings (SSSR count). The zero-order valence-corrected chi connectivity index (χ0v) is 35.0. The molecule has 1 atom stereocenters. The van der Waals surface area contributed by atoms with Crippen molar-refractivity contribution in [3.8, 4) is 45.3 Å². The van der Waals surface area contributed by atoms with Gasteiger partial charge in [-0.3, -0.25) is 14.6 Å². The number of ether oxygens (including phenoxy) is 3. The van der Waals surface area contributed by atoms with E-state index in [9.17, 15) is 19.5 Å². The van der Waals surface area contributed by atoms with Crippen LogP contribution >= 0.6 is 23.2 Å². The van der Waals surface area contributed by atoms with Crippen LogP contribution in [0.5, 0.6) is 11.6 Å². The Balaban J connectivity index is 1.13. The molecule has 15 nitrogen and oxygen atoms in total. The van der Waals surface area contributed by atoms with Gasteiger partial charge in [-0.2, -0.15) is 0 Å². The lowest BCUT2D eigenvalue weighted by molar-refractivity contribution is -0.143. The summed E-state index contributed by atoms with van der Waals surface area (Å²) in [5.41, 5.74) is 3.39. The van der Waals surface area contributed by atoms with Crippen molar-refractivity contribution in [1.82, 2.24) is 40.1 Å². The van der Waals surface area contributed by atoms with Gasteiger partial charge in [-0.15, -0.1) is 5.10 Å². The predicted octanol–water partition coefficient (Wildman–Crippen LogP) is 7.20. The van der Waals surface area contributed by atoms with Gasteiger partial charge < -0.3 is 34.9 Å². The zero-order chi connectivity index (χ0) is 42.1. The first kappa shape index (κ1) is 41.6. The van der Waals surface area contributed by atoms with Crippen LogP contribution in [0.4, 0.5) is 4.79 Å². The lowest BCUT2D eigenvalue weighted by Crippen LogP contribution is -2.43. The van der Waals surface area contributed by atoms with E-state index in [2.05, 4.69) is 25.7 Å². The predicted molar refractivity (Wildman–Crippen MR) is 221 cm³/mol. The number of nitrogens with zero attached hydrogens (tertiary/aromatic N) is 6. The van der Waals surface area contributed by atoms with E-state index in [1.165, 1.54) is 7.11 Å². The van der Waals surface area contributed by atoms with Crippen molar-refractivity contribution in [2.24, 2.45) is 5.41 Å². The summed E-state index contributed by atoms with van der Waals surface area (Å²) in [6, 6.07) is 12.6. The van der Waals surface area contributed by atoms with Crippen molar-refractivity contribution in [2.75, 3.05) is 27.3 Å². The topological polar surface area (TPSA) is 182 Å². The van der Waals surface area contributed by atoms with Gasteiger partial charge in [0.2, 0.25) is 11.8 Å². The van der Waals surface area contributed by atoms with Gasteiger partial charge in [0.25, 0.3) is 0 Å². The van der Waals surface area contributed by atoms with Crippen LogP contribution in [0.3, 0.4) is 0 Å². The Kier molecular flexibility index (Phi) is 12.0. The minimum Gasteiger partial charge on any atom is -0.493 e. The molecule has 1 aliphatic heterocycles. The van der Waals surface area contributed by atoms with Crippen LogP contribution in [0, 0.1) is 5.41 Å². The third-order valence-corrected chi connectivity index (χ3v) is 11.2. The summed E-state index contributed by atoms with van der Waals surface area (Å²) in [5, 5.41) is 21.1. The Labute approximate surface area is 351 Å². The standard InChI is InChI=1S/C42H46Cl2N8O7/c1-41(2,3)59-40(56)51(23-26-10-12-33(53)47-26)21-24-9-11-30(48-38(24)58-5)29-8-6-7-27(34(29)43)28-13-17-46-36(35(28)44)25-19-31(57-4)37-49-32(50-52(37)22-25)20-45-18-16-42(14-15-42)39(54)55/h6-9,11,13,17,19,22,26,45H,10,12,14-16,18,20-21,23H2,1-5H3,(H,47,53)(H,54,55)/t26-/m0/s1. The summed E-state index contributed by atoms with van der Waals surface area (Å²) in [5.74, 6) is 0.508. The van der Waals surface area contributed by atoms with Crippen LogP contribution in [0.25, 0.3) is 39.3 Å². The highest BCUT2D eigenvalue weighted by atomic mass is 35.5. The number of carbonyl (C=O) groups excluding carboxylic acids is 2. The van der Waals surface area contributed by atoms with Crippen molar-refractivity contribution in [1.29, 1.82) is 0 Å². The number of carboxylic acids is 1. The lowest BCUT2D eigenvalue weighted by Gasteiger charge is -2.29. The van der Waals surface area contributed by atoms with Gasteiger partial charge in [0.1, 0.15) is 5.60 Å². The van der Waals surface area contributed by atoms with Crippen LogP contribution in [0.15, 0.2) is 54.9 Å². The van der Waals surface area contributed by atoms with Crippen LogP contribution in [0.1, 0.15) is 64.3 Å². The molecule has 0 radical (unpaired) electrons. The fraction of sp³-hybridized carbons (Fsp3) is 0.405. The third kappa shape index (κ3) is 9.22. The number of methoxy groups -OCH3 is 2. The maximum Gasteiger partial charge on any atom is 0.410 e. The number of carbonyl (C=O) groups is 3.